The molecule has 1 fully saturated rings. The molecule has 4 aromatic rings. The molecule has 0 unspecified atom stereocenters. The number of aryl methyl sites for hydroxylation is 3. The Morgan fingerprint density at radius 3 is 2.53 bits per heavy atom. The average molecular weight is 585 g/mol. The normalized spacial score (nSPS) is 16.7. The molecular weight excluding hydrogens is 547 g/mol. The molecule has 1 aliphatic carbocycles. The Morgan fingerprint density at radius 2 is 1.77 bits per heavy atom. The van der Waals surface area contributed by atoms with Gasteiger partial charge in [0, 0.05) is 63.2 Å². The van der Waals surface area contributed by atoms with E-state index in [0.29, 0.717) is 53.1 Å². The molecule has 3 aromatic heterocycles. The van der Waals surface area contributed by atoms with Crippen LogP contribution in [0.1, 0.15) is 63.5 Å². The molecule has 5 heterocycles. The highest BCUT2D eigenvalue weighted by molar-refractivity contribution is 6.07. The Balaban J connectivity index is 1.24. The Hall–Kier alpha value is -4.02. The Bertz CT molecular complexity index is 1800. The summed E-state index contributed by atoms with van der Waals surface area (Å²) in [5.74, 6) is -0.691. The molecular formula is C33H37FN6O3. The molecule has 1 aromatic carbocycles. The maximum Gasteiger partial charge on any atom is 0.274 e. The second kappa shape index (κ2) is 10.9. The van der Waals surface area contributed by atoms with Crippen molar-refractivity contribution < 1.29 is 14.3 Å². The molecule has 1 N–H and O–H groups in total. The van der Waals surface area contributed by atoms with Crippen molar-refractivity contribution >= 4 is 11.6 Å². The Kier molecular flexibility index (Phi) is 7.05. The summed E-state index contributed by atoms with van der Waals surface area (Å²) in [5, 5.41) is 15.3. The first kappa shape index (κ1) is 27.8. The van der Waals surface area contributed by atoms with Gasteiger partial charge in [0.25, 0.3) is 11.5 Å². The minimum absolute atomic E-state index is 0.156. The van der Waals surface area contributed by atoms with Gasteiger partial charge >= 0.3 is 0 Å². The van der Waals surface area contributed by atoms with Gasteiger partial charge < -0.3 is 19.1 Å². The summed E-state index contributed by atoms with van der Waals surface area (Å²) >= 11 is 0. The number of carbonyl (C=O) groups is 1. The van der Waals surface area contributed by atoms with Crippen molar-refractivity contribution in [3.8, 4) is 11.1 Å². The maximum absolute atomic E-state index is 15.3. The van der Waals surface area contributed by atoms with Crippen LogP contribution in [0.5, 0.6) is 0 Å². The summed E-state index contributed by atoms with van der Waals surface area (Å²) < 4.78 is 20.8. The van der Waals surface area contributed by atoms with Crippen LogP contribution in [-0.2, 0) is 53.1 Å². The minimum atomic E-state index is -0.508. The molecule has 9 nitrogen and oxygen atoms in total. The number of fused-ring (bicyclic) bond motifs is 3. The van der Waals surface area contributed by atoms with E-state index in [1.54, 1.807) is 24.2 Å². The van der Waals surface area contributed by atoms with Gasteiger partial charge in [-0.3, -0.25) is 19.2 Å². The van der Waals surface area contributed by atoms with E-state index in [1.807, 2.05) is 23.9 Å². The van der Waals surface area contributed by atoms with Gasteiger partial charge in [0.1, 0.15) is 11.5 Å². The number of aliphatic hydroxyl groups is 1. The number of rotatable bonds is 7. The van der Waals surface area contributed by atoms with Crippen molar-refractivity contribution in [1.29, 1.82) is 0 Å². The van der Waals surface area contributed by atoms with Crippen LogP contribution in [0.25, 0.3) is 11.1 Å². The summed E-state index contributed by atoms with van der Waals surface area (Å²) in [6.45, 7) is 3.63. The van der Waals surface area contributed by atoms with E-state index < -0.39 is 5.82 Å². The number of pyridine rings is 1. The summed E-state index contributed by atoms with van der Waals surface area (Å²) in [6.07, 6.45) is 7.40. The largest absolute Gasteiger partial charge is 0.392 e. The first-order chi connectivity index (χ1) is 20.8. The van der Waals surface area contributed by atoms with Gasteiger partial charge in [-0.2, -0.15) is 5.10 Å². The average Bonchev–Trinajstić information content (AvgIpc) is 3.52. The number of aliphatic hydroxyl groups excluding tert-OH is 1. The Labute approximate surface area is 249 Å². The third kappa shape index (κ3) is 4.92. The molecule has 224 valence electrons. The van der Waals surface area contributed by atoms with Gasteiger partial charge in [-0.25, -0.2) is 4.39 Å². The summed E-state index contributed by atoms with van der Waals surface area (Å²) in [6, 6.07) is 8.51. The fraction of sp³-hybridized carbons (Fsp3) is 0.424. The van der Waals surface area contributed by atoms with Crippen molar-refractivity contribution in [3.63, 3.8) is 0 Å². The molecule has 0 atom stereocenters. The van der Waals surface area contributed by atoms with Crippen LogP contribution in [0.15, 0.2) is 41.3 Å². The lowest BCUT2D eigenvalue weighted by Gasteiger charge is -2.31. The summed E-state index contributed by atoms with van der Waals surface area (Å²) in [5.41, 5.74) is 7.24. The second-order valence-corrected chi connectivity index (χ2v) is 12.2. The van der Waals surface area contributed by atoms with Gasteiger partial charge in [-0.05, 0) is 92.2 Å². The second-order valence-electron chi connectivity index (χ2n) is 12.2. The van der Waals surface area contributed by atoms with E-state index in [9.17, 15) is 14.7 Å². The molecule has 43 heavy (non-hydrogen) atoms. The highest BCUT2D eigenvalue weighted by atomic mass is 19.1. The van der Waals surface area contributed by atoms with Crippen LogP contribution in [-0.4, -0.2) is 54.5 Å². The molecule has 0 saturated carbocycles. The molecule has 0 radical (unpaired) electrons. The van der Waals surface area contributed by atoms with E-state index >= 15 is 4.39 Å². The fourth-order valence-electron chi connectivity index (χ4n) is 6.98. The molecule has 1 amide bonds. The number of carbonyl (C=O) groups excluding carboxylic acids is 1. The number of hydrogen-bond donors (Lipinski definition) is 1. The number of benzene rings is 1. The van der Waals surface area contributed by atoms with Gasteiger partial charge in [0.2, 0.25) is 0 Å². The first-order valence-corrected chi connectivity index (χ1v) is 15.2. The monoisotopic (exact) mass is 584 g/mol. The SMILES string of the molecule is Cn1nc(Cc2cc(-c3cc(F)cc(N4CCn5c(cc6c5CCCC6)C4=O)c3CO)cn(C)c2=O)cc1CN1CCC1. The highest BCUT2D eigenvalue weighted by Crippen LogP contribution is 2.36. The number of aromatic nitrogens is 4. The van der Waals surface area contributed by atoms with Crippen LogP contribution in [0.4, 0.5) is 10.1 Å². The molecule has 7 rings (SSSR count). The van der Waals surface area contributed by atoms with Crippen molar-refractivity contribution in [1.82, 2.24) is 23.8 Å². The lowest BCUT2D eigenvalue weighted by molar-refractivity contribution is 0.0964. The summed E-state index contributed by atoms with van der Waals surface area (Å²) in [7, 11) is 3.59. The van der Waals surface area contributed by atoms with Gasteiger partial charge in [-0.1, -0.05) is 0 Å². The zero-order chi connectivity index (χ0) is 29.8. The lowest BCUT2D eigenvalue weighted by Crippen LogP contribution is -2.41. The standard InChI is InChI=1S/C33H37FN6O3/c1-36-18-23(12-22(32(36)42)13-25-17-26(37(2)35-25)19-38-8-5-9-38)27-15-24(34)16-30(28(27)20-41)40-11-10-39-29-7-4-3-6-21(29)14-31(39)33(40)43/h12,14-18,41H,3-11,13,19-20H2,1-2H3. The van der Waals surface area contributed by atoms with E-state index in [1.165, 1.54) is 34.4 Å². The Morgan fingerprint density at radius 1 is 0.953 bits per heavy atom. The molecule has 2 aliphatic heterocycles. The fourth-order valence-corrected chi connectivity index (χ4v) is 6.98. The predicted octanol–water partition coefficient (Wildman–Crippen LogP) is 3.55. The third-order valence-corrected chi connectivity index (χ3v) is 9.36. The molecule has 0 spiro atoms. The third-order valence-electron chi connectivity index (χ3n) is 9.36. The van der Waals surface area contributed by atoms with Crippen LogP contribution in [0.2, 0.25) is 0 Å². The summed E-state index contributed by atoms with van der Waals surface area (Å²) in [4.78, 5) is 30.9. The van der Waals surface area contributed by atoms with Gasteiger partial charge in [0.15, 0.2) is 0 Å². The smallest absolute Gasteiger partial charge is 0.274 e. The van der Waals surface area contributed by atoms with Gasteiger partial charge in [-0.15, -0.1) is 0 Å². The van der Waals surface area contributed by atoms with E-state index in [-0.39, 0.29) is 18.1 Å². The number of halogens is 1. The molecule has 0 bridgehead atoms. The number of likely N-dealkylation sites (tertiary alicyclic amines) is 1. The minimum Gasteiger partial charge on any atom is -0.392 e. The molecule has 3 aliphatic rings. The van der Waals surface area contributed by atoms with Crippen LogP contribution in [0.3, 0.4) is 0 Å². The quantitative estimate of drug-likeness (QED) is 0.359. The van der Waals surface area contributed by atoms with Crippen molar-refractivity contribution in [2.75, 3.05) is 24.5 Å². The zero-order valence-corrected chi connectivity index (χ0v) is 24.8. The molecule has 10 heteroatoms. The van der Waals surface area contributed by atoms with Crippen LogP contribution < -0.4 is 10.5 Å². The topological polar surface area (TPSA) is 88.5 Å². The number of anilines is 1. The van der Waals surface area contributed by atoms with Crippen LogP contribution in [0, 0.1) is 5.82 Å². The molecule has 1 saturated heterocycles. The number of amides is 1. The van der Waals surface area contributed by atoms with E-state index in [4.69, 9.17) is 0 Å². The van der Waals surface area contributed by atoms with Crippen molar-refractivity contribution in [2.45, 2.75) is 58.2 Å². The lowest BCUT2D eigenvalue weighted by atomic mass is 9.96. The van der Waals surface area contributed by atoms with Crippen LogP contribution >= 0.6 is 0 Å². The first-order valence-electron chi connectivity index (χ1n) is 15.2. The van der Waals surface area contributed by atoms with E-state index in [0.717, 1.165) is 56.7 Å². The highest BCUT2D eigenvalue weighted by Gasteiger charge is 2.32. The number of nitrogens with zero attached hydrogens (tertiary/aromatic N) is 6. The van der Waals surface area contributed by atoms with Crippen molar-refractivity contribution in [2.24, 2.45) is 14.1 Å². The van der Waals surface area contributed by atoms with Crippen molar-refractivity contribution in [3.05, 3.63) is 92.2 Å². The van der Waals surface area contributed by atoms with Gasteiger partial charge in [0.05, 0.1) is 23.7 Å². The predicted molar refractivity (Wildman–Crippen MR) is 162 cm³/mol. The van der Waals surface area contributed by atoms with E-state index in [2.05, 4.69) is 14.6 Å². The number of hydrogen-bond acceptors (Lipinski definition) is 5. The zero-order valence-electron chi connectivity index (χ0n) is 24.8. The maximum atomic E-state index is 15.3.